The Hall–Kier alpha value is -0.340. The summed E-state index contributed by atoms with van der Waals surface area (Å²) in [6.45, 7) is 11.7. The van der Waals surface area contributed by atoms with Gasteiger partial charge in [-0.2, -0.15) is 0 Å². The van der Waals surface area contributed by atoms with Crippen LogP contribution in [-0.4, -0.2) is 19.1 Å². The Bertz CT molecular complexity index is 119. The lowest BCUT2D eigenvalue weighted by Gasteiger charge is -2.20. The third-order valence-corrected chi connectivity index (χ3v) is 1.72. The van der Waals surface area contributed by atoms with E-state index in [0.717, 1.165) is 12.1 Å². The average Bonchev–Trinajstić information content (AvgIpc) is 1.87. The van der Waals surface area contributed by atoms with Crippen LogP contribution in [0, 0.1) is 5.92 Å². The second-order valence-electron chi connectivity index (χ2n) is 3.42. The molecule has 0 aliphatic carbocycles. The monoisotopic (exact) mass is 156 g/mol. The molecule has 0 heterocycles. The van der Waals surface area contributed by atoms with Crippen LogP contribution in [0.4, 0.5) is 0 Å². The molecule has 1 unspecified atom stereocenters. The minimum absolute atomic E-state index is 0.423. The van der Waals surface area contributed by atoms with Gasteiger partial charge < -0.3 is 11.1 Å². The zero-order valence-corrected chi connectivity index (χ0v) is 7.85. The first-order valence-electron chi connectivity index (χ1n) is 4.15. The van der Waals surface area contributed by atoms with Crippen molar-refractivity contribution >= 4 is 0 Å². The molecule has 0 saturated carbocycles. The van der Waals surface area contributed by atoms with Gasteiger partial charge in [-0.3, -0.25) is 0 Å². The van der Waals surface area contributed by atoms with Gasteiger partial charge in [-0.1, -0.05) is 26.0 Å². The van der Waals surface area contributed by atoms with Crippen LogP contribution in [0.25, 0.3) is 0 Å². The fourth-order valence-electron chi connectivity index (χ4n) is 0.897. The highest BCUT2D eigenvalue weighted by molar-refractivity contribution is 4.92. The second-order valence-corrected chi connectivity index (χ2v) is 3.42. The molecule has 11 heavy (non-hydrogen) atoms. The van der Waals surface area contributed by atoms with E-state index in [9.17, 15) is 0 Å². The predicted octanol–water partition coefficient (Wildman–Crippen LogP) is 1.14. The van der Waals surface area contributed by atoms with Crippen molar-refractivity contribution in [2.45, 2.75) is 26.8 Å². The van der Waals surface area contributed by atoms with Gasteiger partial charge in [-0.25, -0.2) is 0 Å². The third-order valence-electron chi connectivity index (χ3n) is 1.72. The van der Waals surface area contributed by atoms with Crippen LogP contribution < -0.4 is 11.1 Å². The highest BCUT2D eigenvalue weighted by Gasteiger charge is 2.08. The van der Waals surface area contributed by atoms with Crippen molar-refractivity contribution in [3.63, 3.8) is 0 Å². The Morgan fingerprint density at radius 2 is 2.09 bits per heavy atom. The molecule has 0 amide bonds. The summed E-state index contributed by atoms with van der Waals surface area (Å²) < 4.78 is 0. The topological polar surface area (TPSA) is 38.0 Å². The van der Waals surface area contributed by atoms with Crippen LogP contribution in [-0.2, 0) is 0 Å². The predicted molar refractivity (Wildman–Crippen MR) is 50.5 cm³/mol. The molecule has 66 valence electrons. The van der Waals surface area contributed by atoms with Crippen molar-refractivity contribution in [2.75, 3.05) is 13.1 Å². The first kappa shape index (κ1) is 10.7. The van der Waals surface area contributed by atoms with E-state index in [-0.39, 0.29) is 0 Å². The number of hydrogen-bond donors (Lipinski definition) is 2. The number of nitrogens with one attached hydrogen (secondary N) is 1. The van der Waals surface area contributed by atoms with Gasteiger partial charge in [0.25, 0.3) is 0 Å². The Morgan fingerprint density at radius 3 is 2.36 bits per heavy atom. The first-order chi connectivity index (χ1) is 5.07. The summed E-state index contributed by atoms with van der Waals surface area (Å²) in [4.78, 5) is 0. The standard InChI is InChI=1S/C9H20N2/c1-7(2)6-11-9(5-10)8(3)4/h8-9,11H,1,5-6,10H2,2-4H3. The molecule has 0 aliphatic heterocycles. The van der Waals surface area contributed by atoms with Crippen molar-refractivity contribution in [3.8, 4) is 0 Å². The van der Waals surface area contributed by atoms with E-state index in [2.05, 4.69) is 25.7 Å². The number of hydrogen-bond acceptors (Lipinski definition) is 2. The van der Waals surface area contributed by atoms with E-state index in [1.54, 1.807) is 0 Å². The molecule has 0 aromatic rings. The Balaban J connectivity index is 3.61. The summed E-state index contributed by atoms with van der Waals surface area (Å²) in [5, 5.41) is 3.34. The molecule has 0 saturated heterocycles. The van der Waals surface area contributed by atoms with Gasteiger partial charge in [0.2, 0.25) is 0 Å². The summed E-state index contributed by atoms with van der Waals surface area (Å²) >= 11 is 0. The number of nitrogens with two attached hydrogens (primary N) is 1. The van der Waals surface area contributed by atoms with E-state index in [1.165, 1.54) is 0 Å². The van der Waals surface area contributed by atoms with Crippen LogP contribution >= 0.6 is 0 Å². The summed E-state index contributed by atoms with van der Waals surface area (Å²) in [6.07, 6.45) is 0. The molecule has 0 rings (SSSR count). The molecule has 0 radical (unpaired) electrons. The Morgan fingerprint density at radius 1 is 1.55 bits per heavy atom. The van der Waals surface area contributed by atoms with Crippen molar-refractivity contribution < 1.29 is 0 Å². The minimum atomic E-state index is 0.423. The lowest BCUT2D eigenvalue weighted by Crippen LogP contribution is -2.40. The molecule has 0 aliphatic rings. The molecule has 0 spiro atoms. The summed E-state index contributed by atoms with van der Waals surface area (Å²) in [6, 6.07) is 0.423. The molecular weight excluding hydrogens is 136 g/mol. The molecule has 0 aromatic carbocycles. The van der Waals surface area contributed by atoms with E-state index in [0.29, 0.717) is 18.5 Å². The van der Waals surface area contributed by atoms with E-state index in [4.69, 9.17) is 5.73 Å². The molecule has 0 bridgehead atoms. The molecule has 0 fully saturated rings. The van der Waals surface area contributed by atoms with Gasteiger partial charge in [-0.15, -0.1) is 0 Å². The fourth-order valence-corrected chi connectivity index (χ4v) is 0.897. The molecule has 2 heteroatoms. The molecule has 0 aromatic heterocycles. The van der Waals surface area contributed by atoms with Crippen LogP contribution in [0.15, 0.2) is 12.2 Å². The zero-order chi connectivity index (χ0) is 8.85. The van der Waals surface area contributed by atoms with Crippen molar-refractivity contribution in [3.05, 3.63) is 12.2 Å². The third kappa shape index (κ3) is 4.99. The highest BCUT2D eigenvalue weighted by Crippen LogP contribution is 1.99. The fraction of sp³-hybridized carbons (Fsp3) is 0.778. The Kier molecular flexibility index (Phi) is 5.16. The van der Waals surface area contributed by atoms with E-state index >= 15 is 0 Å². The van der Waals surface area contributed by atoms with Crippen LogP contribution in [0.5, 0.6) is 0 Å². The van der Waals surface area contributed by atoms with Crippen molar-refractivity contribution in [1.29, 1.82) is 0 Å². The smallest absolute Gasteiger partial charge is 0.0216 e. The van der Waals surface area contributed by atoms with E-state index in [1.807, 2.05) is 6.92 Å². The normalized spacial score (nSPS) is 13.5. The molecule has 2 nitrogen and oxygen atoms in total. The second kappa shape index (κ2) is 5.33. The molecule has 3 N–H and O–H groups in total. The van der Waals surface area contributed by atoms with E-state index < -0.39 is 0 Å². The lowest BCUT2D eigenvalue weighted by molar-refractivity contribution is 0.419. The number of rotatable bonds is 5. The van der Waals surface area contributed by atoms with Crippen molar-refractivity contribution in [2.24, 2.45) is 11.7 Å². The lowest BCUT2D eigenvalue weighted by atomic mass is 10.0. The Labute approximate surface area is 69.9 Å². The van der Waals surface area contributed by atoms with Crippen LogP contribution in [0.1, 0.15) is 20.8 Å². The van der Waals surface area contributed by atoms with Crippen LogP contribution in [0.2, 0.25) is 0 Å². The maximum Gasteiger partial charge on any atom is 0.0216 e. The van der Waals surface area contributed by atoms with Gasteiger partial charge in [0.05, 0.1) is 0 Å². The maximum absolute atomic E-state index is 5.57. The van der Waals surface area contributed by atoms with Gasteiger partial charge in [0.1, 0.15) is 0 Å². The largest absolute Gasteiger partial charge is 0.329 e. The SMILES string of the molecule is C=C(C)CNC(CN)C(C)C. The molecular formula is C9H20N2. The first-order valence-corrected chi connectivity index (χ1v) is 4.15. The highest BCUT2D eigenvalue weighted by atomic mass is 14.9. The van der Waals surface area contributed by atoms with Gasteiger partial charge in [0.15, 0.2) is 0 Å². The summed E-state index contributed by atoms with van der Waals surface area (Å²) in [5.74, 6) is 0.597. The van der Waals surface area contributed by atoms with Crippen LogP contribution in [0.3, 0.4) is 0 Å². The maximum atomic E-state index is 5.57. The summed E-state index contributed by atoms with van der Waals surface area (Å²) in [5.41, 5.74) is 6.72. The van der Waals surface area contributed by atoms with Gasteiger partial charge >= 0.3 is 0 Å². The zero-order valence-electron chi connectivity index (χ0n) is 7.85. The minimum Gasteiger partial charge on any atom is -0.329 e. The quantitative estimate of drug-likeness (QED) is 0.586. The van der Waals surface area contributed by atoms with Gasteiger partial charge in [0, 0.05) is 19.1 Å². The summed E-state index contributed by atoms with van der Waals surface area (Å²) in [7, 11) is 0. The molecule has 1 atom stereocenters. The van der Waals surface area contributed by atoms with Crippen molar-refractivity contribution in [1.82, 2.24) is 5.32 Å². The average molecular weight is 156 g/mol. The van der Waals surface area contributed by atoms with Gasteiger partial charge in [-0.05, 0) is 12.8 Å².